The molecular formula is C20H14IN3O3. The highest BCUT2D eigenvalue weighted by atomic mass is 127. The number of nitrogens with one attached hydrogen (secondary N) is 1. The summed E-state index contributed by atoms with van der Waals surface area (Å²) in [7, 11) is 0. The van der Waals surface area contributed by atoms with Crippen molar-refractivity contribution in [2.75, 3.05) is 0 Å². The fraction of sp³-hybridized carbons (Fsp3) is 0. The van der Waals surface area contributed by atoms with Crippen LogP contribution in [0, 0.1) is 3.57 Å². The minimum Gasteiger partial charge on any atom is -0.457 e. The standard InChI is InChI=1S/C20H14IN3O3/c21-13-3-7-15(8-4-13)26-14-5-1-12(2-6-14)19-23-17-10-9-16(27-20(22)25)11-18(17)24-19/h1-11H,(H2,22,25)(H,23,24). The normalized spacial score (nSPS) is 10.7. The van der Waals surface area contributed by atoms with Gasteiger partial charge in [0.25, 0.3) is 0 Å². The van der Waals surface area contributed by atoms with E-state index in [0.29, 0.717) is 11.6 Å². The molecular weight excluding hydrogens is 457 g/mol. The van der Waals surface area contributed by atoms with Crippen LogP contribution in [0.1, 0.15) is 0 Å². The van der Waals surface area contributed by atoms with Gasteiger partial charge < -0.3 is 20.2 Å². The molecule has 0 saturated carbocycles. The highest BCUT2D eigenvalue weighted by Gasteiger charge is 2.08. The van der Waals surface area contributed by atoms with E-state index in [-0.39, 0.29) is 0 Å². The summed E-state index contributed by atoms with van der Waals surface area (Å²) >= 11 is 2.25. The van der Waals surface area contributed by atoms with Gasteiger partial charge in [-0.1, -0.05) is 0 Å². The van der Waals surface area contributed by atoms with Crippen LogP contribution in [0.4, 0.5) is 4.79 Å². The molecule has 3 N–H and O–H groups in total. The van der Waals surface area contributed by atoms with Crippen molar-refractivity contribution in [2.24, 2.45) is 5.73 Å². The first-order valence-electron chi connectivity index (χ1n) is 8.08. The Hall–Kier alpha value is -3.07. The smallest absolute Gasteiger partial charge is 0.409 e. The van der Waals surface area contributed by atoms with Crippen molar-refractivity contribution in [2.45, 2.75) is 0 Å². The van der Waals surface area contributed by atoms with Crippen molar-refractivity contribution >= 4 is 39.7 Å². The Labute approximate surface area is 168 Å². The number of nitrogens with two attached hydrogens (primary N) is 1. The van der Waals surface area contributed by atoms with Crippen LogP contribution in [0.15, 0.2) is 66.7 Å². The van der Waals surface area contributed by atoms with Crippen molar-refractivity contribution in [3.05, 3.63) is 70.3 Å². The lowest BCUT2D eigenvalue weighted by molar-refractivity contribution is 0.211. The number of halogens is 1. The zero-order valence-corrected chi connectivity index (χ0v) is 16.1. The summed E-state index contributed by atoms with van der Waals surface area (Å²) in [4.78, 5) is 18.6. The molecule has 3 aromatic carbocycles. The number of aromatic nitrogens is 2. The average Bonchev–Trinajstić information content (AvgIpc) is 3.07. The predicted molar refractivity (Wildman–Crippen MR) is 111 cm³/mol. The SMILES string of the molecule is NC(=O)Oc1ccc2nc(-c3ccc(Oc4ccc(I)cc4)cc3)[nH]c2c1. The molecule has 1 heterocycles. The van der Waals surface area contributed by atoms with Crippen molar-refractivity contribution < 1.29 is 14.3 Å². The molecule has 0 radical (unpaired) electrons. The highest BCUT2D eigenvalue weighted by molar-refractivity contribution is 14.1. The highest BCUT2D eigenvalue weighted by Crippen LogP contribution is 2.27. The van der Waals surface area contributed by atoms with E-state index in [1.807, 2.05) is 48.5 Å². The van der Waals surface area contributed by atoms with E-state index in [1.165, 1.54) is 0 Å². The molecule has 0 aliphatic heterocycles. The Morgan fingerprint density at radius 3 is 2.22 bits per heavy atom. The molecule has 0 atom stereocenters. The minimum absolute atomic E-state index is 0.367. The first kappa shape index (κ1) is 17.3. The number of ether oxygens (including phenoxy) is 2. The van der Waals surface area contributed by atoms with E-state index in [9.17, 15) is 4.79 Å². The number of hydrogen-bond donors (Lipinski definition) is 2. The number of benzene rings is 3. The molecule has 4 rings (SSSR count). The van der Waals surface area contributed by atoms with Crippen LogP contribution < -0.4 is 15.2 Å². The van der Waals surface area contributed by atoms with Crippen LogP contribution in [0.25, 0.3) is 22.4 Å². The molecule has 0 unspecified atom stereocenters. The second-order valence-electron chi connectivity index (χ2n) is 5.77. The molecule has 0 fully saturated rings. The van der Waals surface area contributed by atoms with Crippen LogP contribution in [0.5, 0.6) is 17.2 Å². The quantitative estimate of drug-likeness (QED) is 0.406. The summed E-state index contributed by atoms with van der Waals surface area (Å²) in [5, 5.41) is 0. The Kier molecular flexibility index (Phi) is 4.68. The summed E-state index contributed by atoms with van der Waals surface area (Å²) in [6.07, 6.45) is -0.849. The van der Waals surface area contributed by atoms with Crippen LogP contribution >= 0.6 is 22.6 Å². The van der Waals surface area contributed by atoms with Gasteiger partial charge in [-0.15, -0.1) is 0 Å². The van der Waals surface area contributed by atoms with Gasteiger partial charge in [0.05, 0.1) is 11.0 Å². The lowest BCUT2D eigenvalue weighted by atomic mass is 10.2. The number of aromatic amines is 1. The van der Waals surface area contributed by atoms with E-state index < -0.39 is 6.09 Å². The third-order valence-electron chi connectivity index (χ3n) is 3.85. The summed E-state index contributed by atoms with van der Waals surface area (Å²) in [5.41, 5.74) is 7.48. The van der Waals surface area contributed by atoms with Gasteiger partial charge in [0, 0.05) is 15.2 Å². The van der Waals surface area contributed by atoms with Gasteiger partial charge in [0.1, 0.15) is 23.1 Å². The number of nitrogens with zero attached hydrogens (tertiary/aromatic N) is 1. The molecule has 0 saturated heterocycles. The van der Waals surface area contributed by atoms with Crippen molar-refractivity contribution in [3.63, 3.8) is 0 Å². The summed E-state index contributed by atoms with van der Waals surface area (Å²) < 4.78 is 11.9. The molecule has 1 amide bonds. The third-order valence-corrected chi connectivity index (χ3v) is 4.57. The molecule has 134 valence electrons. The number of hydrogen-bond acceptors (Lipinski definition) is 4. The molecule has 1 aromatic heterocycles. The van der Waals surface area contributed by atoms with Gasteiger partial charge >= 0.3 is 6.09 Å². The summed E-state index contributed by atoms with van der Waals surface area (Å²) in [6.45, 7) is 0. The number of fused-ring (bicyclic) bond motifs is 1. The Balaban J connectivity index is 1.56. The van der Waals surface area contributed by atoms with Crippen molar-refractivity contribution in [1.29, 1.82) is 0 Å². The number of carbonyl (C=O) groups is 1. The minimum atomic E-state index is -0.849. The number of primary amides is 1. The molecule has 0 aliphatic rings. The molecule has 27 heavy (non-hydrogen) atoms. The second-order valence-corrected chi connectivity index (χ2v) is 7.01. The van der Waals surface area contributed by atoms with Gasteiger partial charge in [0.15, 0.2) is 0 Å². The van der Waals surface area contributed by atoms with Crippen LogP contribution in [-0.2, 0) is 0 Å². The molecule has 4 aromatic rings. The average molecular weight is 471 g/mol. The fourth-order valence-electron chi connectivity index (χ4n) is 2.62. The lowest BCUT2D eigenvalue weighted by Gasteiger charge is -2.06. The van der Waals surface area contributed by atoms with E-state index in [2.05, 4.69) is 32.6 Å². The first-order valence-corrected chi connectivity index (χ1v) is 9.16. The van der Waals surface area contributed by atoms with Crippen LogP contribution in [0.3, 0.4) is 0 Å². The number of imidazole rings is 1. The zero-order valence-electron chi connectivity index (χ0n) is 14.0. The zero-order chi connectivity index (χ0) is 18.8. The Morgan fingerprint density at radius 2 is 1.56 bits per heavy atom. The molecule has 0 aliphatic carbocycles. The lowest BCUT2D eigenvalue weighted by Crippen LogP contribution is -2.16. The molecule has 0 bridgehead atoms. The third kappa shape index (κ3) is 4.03. The van der Waals surface area contributed by atoms with Gasteiger partial charge in [-0.25, -0.2) is 9.78 Å². The topological polar surface area (TPSA) is 90.2 Å². The maximum atomic E-state index is 10.9. The molecule has 7 heteroatoms. The van der Waals surface area contributed by atoms with Crippen LogP contribution in [-0.4, -0.2) is 16.1 Å². The second kappa shape index (κ2) is 7.28. The molecule has 6 nitrogen and oxygen atoms in total. The monoisotopic (exact) mass is 471 g/mol. The number of rotatable bonds is 4. The number of carbonyl (C=O) groups excluding carboxylic acids is 1. The van der Waals surface area contributed by atoms with E-state index in [1.54, 1.807) is 18.2 Å². The first-order chi connectivity index (χ1) is 13.1. The van der Waals surface area contributed by atoms with Gasteiger partial charge in [-0.2, -0.15) is 0 Å². The van der Waals surface area contributed by atoms with E-state index in [4.69, 9.17) is 15.2 Å². The summed E-state index contributed by atoms with van der Waals surface area (Å²) in [5.74, 6) is 2.61. The largest absolute Gasteiger partial charge is 0.457 e. The van der Waals surface area contributed by atoms with Crippen molar-refractivity contribution in [1.82, 2.24) is 9.97 Å². The number of amides is 1. The van der Waals surface area contributed by atoms with Crippen molar-refractivity contribution in [3.8, 4) is 28.6 Å². The summed E-state index contributed by atoms with van der Waals surface area (Å²) in [6, 6.07) is 20.6. The Morgan fingerprint density at radius 1 is 0.926 bits per heavy atom. The maximum absolute atomic E-state index is 10.9. The maximum Gasteiger partial charge on any atom is 0.409 e. The van der Waals surface area contributed by atoms with Gasteiger partial charge in [0.2, 0.25) is 0 Å². The van der Waals surface area contributed by atoms with Gasteiger partial charge in [-0.05, 0) is 83.3 Å². The van der Waals surface area contributed by atoms with Gasteiger partial charge in [-0.3, -0.25) is 0 Å². The van der Waals surface area contributed by atoms with E-state index >= 15 is 0 Å². The Bertz CT molecular complexity index is 1110. The fourth-order valence-corrected chi connectivity index (χ4v) is 2.98. The van der Waals surface area contributed by atoms with E-state index in [0.717, 1.165) is 31.7 Å². The number of H-pyrrole nitrogens is 1. The molecule has 0 spiro atoms. The predicted octanol–water partition coefficient (Wildman–Crippen LogP) is 5.08. The van der Waals surface area contributed by atoms with Crippen LogP contribution in [0.2, 0.25) is 0 Å².